The molecule has 1 aromatic carbocycles. The largest absolute Gasteiger partial charge is 0.460 e. The van der Waals surface area contributed by atoms with Gasteiger partial charge >= 0.3 is 11.9 Å². The maximum absolute atomic E-state index is 12.1. The Hall–Kier alpha value is -0.000000000000000167. The van der Waals surface area contributed by atoms with Gasteiger partial charge in [0.1, 0.15) is 13.2 Å². The smallest absolute Gasteiger partial charge is 0.340 e. The number of carbonyl (C=O) groups is 2. The minimum absolute atomic E-state index is 0.0690. The van der Waals surface area contributed by atoms with Crippen LogP contribution in [0.5, 0.6) is 0 Å². The van der Waals surface area contributed by atoms with Crippen molar-refractivity contribution in [3.05, 3.63) is 29.0 Å². The van der Waals surface area contributed by atoms with Gasteiger partial charge in [0.2, 0.25) is 0 Å². The van der Waals surface area contributed by atoms with Gasteiger partial charge in [0.25, 0.3) is 0 Å². The molecular weight excluding hydrogens is 560 g/mol. The van der Waals surface area contributed by atoms with E-state index in [1.165, 1.54) is 0 Å². The van der Waals surface area contributed by atoms with E-state index in [0.717, 1.165) is 0 Å². The number of ether oxygens (including phenoxy) is 2. The van der Waals surface area contributed by atoms with Crippen molar-refractivity contribution in [3.63, 3.8) is 0 Å². The first-order valence-electron chi connectivity index (χ1n) is 5.78. The average molecular weight is 570 g/mol. The molecule has 0 saturated heterocycles. The van der Waals surface area contributed by atoms with Gasteiger partial charge in [0.15, 0.2) is 0 Å². The highest BCUT2D eigenvalue weighted by atomic mass is 79.9. The second-order valence-corrected chi connectivity index (χ2v) is 6.90. The molecule has 1 rings (SSSR count). The number of carbonyl (C=O) groups excluding carboxylic acids is 2. The summed E-state index contributed by atoms with van der Waals surface area (Å²) in [7, 11) is 0. The highest BCUT2D eigenvalue weighted by Crippen LogP contribution is 2.42. The highest BCUT2D eigenvalue weighted by Gasteiger charge is 2.28. The van der Waals surface area contributed by atoms with Crippen molar-refractivity contribution in [2.24, 2.45) is 0 Å². The number of esters is 2. The van der Waals surface area contributed by atoms with E-state index in [1.54, 1.807) is 0 Å². The molecule has 6 nitrogen and oxygen atoms in total. The summed E-state index contributed by atoms with van der Waals surface area (Å²) in [5.74, 6) is -1.45. The summed E-state index contributed by atoms with van der Waals surface area (Å²) in [6.07, 6.45) is 0. The Morgan fingerprint density at radius 1 is 0.727 bits per heavy atom. The van der Waals surface area contributed by atoms with Crippen molar-refractivity contribution < 1.29 is 29.3 Å². The molecule has 0 fully saturated rings. The summed E-state index contributed by atoms with van der Waals surface area (Å²) in [5.41, 5.74) is 0.138. The van der Waals surface area contributed by atoms with E-state index in [2.05, 4.69) is 63.7 Å². The molecule has 10 heteroatoms. The number of hydrogen-bond donors (Lipinski definition) is 2. The molecule has 0 heterocycles. The minimum Gasteiger partial charge on any atom is -0.460 e. The minimum atomic E-state index is -0.725. The fourth-order valence-corrected chi connectivity index (χ4v) is 4.44. The lowest BCUT2D eigenvalue weighted by molar-refractivity contribution is 0.0426. The third-order valence-electron chi connectivity index (χ3n) is 2.32. The van der Waals surface area contributed by atoms with Crippen LogP contribution >= 0.6 is 63.7 Å². The second kappa shape index (κ2) is 9.33. The zero-order valence-corrected chi connectivity index (χ0v) is 17.2. The van der Waals surface area contributed by atoms with Crippen LogP contribution in [0.3, 0.4) is 0 Å². The van der Waals surface area contributed by atoms with Crippen molar-refractivity contribution in [1.29, 1.82) is 0 Å². The second-order valence-electron chi connectivity index (χ2n) is 3.72. The van der Waals surface area contributed by atoms with Crippen molar-refractivity contribution >= 4 is 75.7 Å². The normalized spacial score (nSPS) is 10.5. The molecule has 2 N–H and O–H groups in total. The molecule has 0 amide bonds. The molecule has 0 aliphatic rings. The Labute approximate surface area is 159 Å². The van der Waals surface area contributed by atoms with Gasteiger partial charge < -0.3 is 19.7 Å². The molecule has 0 bridgehead atoms. The van der Waals surface area contributed by atoms with Gasteiger partial charge in [-0.3, -0.25) is 0 Å². The van der Waals surface area contributed by atoms with Crippen molar-refractivity contribution in [3.8, 4) is 0 Å². The third-order valence-corrected chi connectivity index (χ3v) is 6.56. The van der Waals surface area contributed by atoms with Crippen LogP contribution in [0.15, 0.2) is 17.9 Å². The lowest BCUT2D eigenvalue weighted by Crippen LogP contribution is -2.15. The van der Waals surface area contributed by atoms with Gasteiger partial charge in [0, 0.05) is 17.9 Å². The van der Waals surface area contributed by atoms with E-state index < -0.39 is 11.9 Å². The van der Waals surface area contributed by atoms with Crippen molar-refractivity contribution in [2.45, 2.75) is 0 Å². The lowest BCUT2D eigenvalue weighted by Gasteiger charge is -2.15. The maximum Gasteiger partial charge on any atom is 0.340 e. The third kappa shape index (κ3) is 4.51. The van der Waals surface area contributed by atoms with Crippen LogP contribution in [0.4, 0.5) is 0 Å². The molecule has 0 atom stereocenters. The molecule has 0 aromatic heterocycles. The zero-order valence-electron chi connectivity index (χ0n) is 10.9. The van der Waals surface area contributed by atoms with Crippen LogP contribution in [0.2, 0.25) is 0 Å². The number of benzene rings is 1. The topological polar surface area (TPSA) is 93.1 Å². The van der Waals surface area contributed by atoms with E-state index in [0.29, 0.717) is 13.4 Å². The zero-order chi connectivity index (χ0) is 16.9. The van der Waals surface area contributed by atoms with Gasteiger partial charge in [-0.2, -0.15) is 0 Å². The number of hydrogen-bond acceptors (Lipinski definition) is 6. The Bertz CT molecular complexity index is 542. The number of aliphatic hydroxyl groups is 2. The summed E-state index contributed by atoms with van der Waals surface area (Å²) < 4.78 is 11.1. The molecule has 22 heavy (non-hydrogen) atoms. The Morgan fingerprint density at radius 3 is 1.41 bits per heavy atom. The molecule has 122 valence electrons. The van der Waals surface area contributed by atoms with Crippen LogP contribution in [-0.4, -0.2) is 48.6 Å². The SMILES string of the molecule is O=C(OCCO)c1c(Br)c(Br)c(Br)c(C(=O)OCCO)c1Br. The van der Waals surface area contributed by atoms with Crippen LogP contribution < -0.4 is 0 Å². The molecule has 0 radical (unpaired) electrons. The van der Waals surface area contributed by atoms with E-state index in [9.17, 15) is 9.59 Å². The lowest BCUT2D eigenvalue weighted by atomic mass is 10.1. The predicted octanol–water partition coefficient (Wildman–Crippen LogP) is 3.03. The van der Waals surface area contributed by atoms with Crippen LogP contribution in [0.1, 0.15) is 20.7 Å². The molecule has 0 unspecified atom stereocenters. The maximum atomic E-state index is 12.1. The van der Waals surface area contributed by atoms with Gasteiger partial charge in [-0.05, 0) is 63.7 Å². The molecule has 0 spiro atoms. The first-order chi connectivity index (χ1) is 10.4. The van der Waals surface area contributed by atoms with E-state index >= 15 is 0 Å². The quantitative estimate of drug-likeness (QED) is 0.311. The molecule has 0 aliphatic heterocycles. The summed E-state index contributed by atoms with van der Waals surface area (Å²) in [5, 5.41) is 17.4. The number of rotatable bonds is 6. The fraction of sp³-hybridized carbons (Fsp3) is 0.333. The summed E-state index contributed by atoms with van der Waals surface area (Å²) in [4.78, 5) is 24.2. The molecular formula is C12H10Br4O6. The monoisotopic (exact) mass is 566 g/mol. The average Bonchev–Trinajstić information content (AvgIpc) is 2.48. The van der Waals surface area contributed by atoms with Gasteiger partial charge in [-0.25, -0.2) is 9.59 Å². The van der Waals surface area contributed by atoms with Crippen molar-refractivity contribution in [2.75, 3.05) is 26.4 Å². The number of halogens is 4. The van der Waals surface area contributed by atoms with Crippen LogP contribution in [-0.2, 0) is 9.47 Å². The van der Waals surface area contributed by atoms with Crippen molar-refractivity contribution in [1.82, 2.24) is 0 Å². The van der Waals surface area contributed by atoms with Gasteiger partial charge in [0.05, 0.1) is 24.3 Å². The first-order valence-corrected chi connectivity index (χ1v) is 8.95. The van der Waals surface area contributed by atoms with E-state index in [-0.39, 0.29) is 42.0 Å². The van der Waals surface area contributed by atoms with Gasteiger partial charge in [-0.1, -0.05) is 0 Å². The first kappa shape index (κ1) is 20.0. The van der Waals surface area contributed by atoms with Gasteiger partial charge in [-0.15, -0.1) is 0 Å². The summed E-state index contributed by atoms with van der Waals surface area (Å²) >= 11 is 12.9. The Balaban J connectivity index is 3.37. The summed E-state index contributed by atoms with van der Waals surface area (Å²) in [6, 6.07) is 0. The van der Waals surface area contributed by atoms with Crippen LogP contribution in [0.25, 0.3) is 0 Å². The highest BCUT2D eigenvalue weighted by molar-refractivity contribution is 9.14. The fourth-order valence-electron chi connectivity index (χ4n) is 1.41. The number of aliphatic hydroxyl groups excluding tert-OH is 2. The Kier molecular flexibility index (Phi) is 8.50. The standard InChI is InChI=1S/C12H10Br4O6/c13-7-5(11(19)21-3-1-17)8(14)10(16)9(15)6(7)12(20)22-4-2-18/h17-18H,1-4H2. The van der Waals surface area contributed by atoms with Crippen LogP contribution in [0, 0.1) is 0 Å². The van der Waals surface area contributed by atoms with E-state index in [1.807, 2.05) is 0 Å². The molecule has 0 aliphatic carbocycles. The Morgan fingerprint density at radius 2 is 1.09 bits per heavy atom. The molecule has 1 aromatic rings. The summed E-state index contributed by atoms with van der Waals surface area (Å²) in [6.45, 7) is -0.973. The molecule has 0 saturated carbocycles. The van der Waals surface area contributed by atoms with E-state index in [4.69, 9.17) is 19.7 Å². The predicted molar refractivity (Wildman–Crippen MR) is 92.0 cm³/mol.